The summed E-state index contributed by atoms with van der Waals surface area (Å²) in [6, 6.07) is 9.08. The number of ether oxygens (including phenoxy) is 3. The maximum Gasteiger partial charge on any atom is 0.346 e. The van der Waals surface area contributed by atoms with E-state index in [4.69, 9.17) is 19.2 Å². The van der Waals surface area contributed by atoms with Gasteiger partial charge in [-0.25, -0.2) is 9.78 Å². The molecular weight excluding hydrogens is 538 g/mol. The van der Waals surface area contributed by atoms with Gasteiger partial charge in [-0.05, 0) is 62.6 Å². The highest BCUT2D eigenvalue weighted by Gasteiger charge is 2.21. The molecule has 1 aromatic heterocycles. The Hall–Kier alpha value is -3.46. The van der Waals surface area contributed by atoms with Crippen LogP contribution in [0.1, 0.15) is 50.6 Å². The number of nitrogens with zero attached hydrogens (tertiary/aromatic N) is 3. The Labute approximate surface area is 225 Å². The maximum absolute atomic E-state index is 13.4. The van der Waals surface area contributed by atoms with Gasteiger partial charge in [-0.2, -0.15) is 9.78 Å². The van der Waals surface area contributed by atoms with Crippen LogP contribution in [0.4, 0.5) is 0 Å². The number of allylic oxidation sites excluding steroid dienone is 1. The first-order valence-electron chi connectivity index (χ1n) is 12.2. The van der Waals surface area contributed by atoms with Gasteiger partial charge < -0.3 is 14.2 Å². The number of esters is 1. The van der Waals surface area contributed by atoms with Gasteiger partial charge in [0.05, 0.1) is 30.8 Å². The molecule has 37 heavy (non-hydrogen) atoms. The molecule has 0 amide bonds. The molecule has 0 fully saturated rings. The second-order valence-corrected chi connectivity index (χ2v) is 9.29. The van der Waals surface area contributed by atoms with E-state index in [1.165, 1.54) is 11.8 Å². The number of rotatable bonds is 12. The number of aromatic nitrogens is 2. The Morgan fingerprint density at radius 3 is 2.73 bits per heavy atom. The van der Waals surface area contributed by atoms with Crippen LogP contribution in [0.25, 0.3) is 10.9 Å². The molecule has 0 aliphatic heterocycles. The summed E-state index contributed by atoms with van der Waals surface area (Å²) < 4.78 is 18.7. The van der Waals surface area contributed by atoms with E-state index in [0.29, 0.717) is 53.2 Å². The lowest BCUT2D eigenvalue weighted by molar-refractivity contribution is -0.147. The molecule has 0 bridgehead atoms. The van der Waals surface area contributed by atoms with Crippen molar-refractivity contribution < 1.29 is 19.0 Å². The highest BCUT2D eigenvalue weighted by atomic mass is 79.9. The molecule has 0 saturated heterocycles. The summed E-state index contributed by atoms with van der Waals surface area (Å²) in [6.07, 6.45) is 5.45. The molecule has 0 N–H and O–H groups in total. The highest BCUT2D eigenvalue weighted by molar-refractivity contribution is 9.10. The summed E-state index contributed by atoms with van der Waals surface area (Å²) in [7, 11) is 1.31. The van der Waals surface area contributed by atoms with Crippen molar-refractivity contribution in [1.82, 2.24) is 9.66 Å². The topological polar surface area (TPSA) is 92.0 Å². The maximum atomic E-state index is 13.4. The molecule has 2 aromatic carbocycles. The van der Waals surface area contributed by atoms with E-state index in [2.05, 4.69) is 34.5 Å². The average Bonchev–Trinajstić information content (AvgIpc) is 2.88. The van der Waals surface area contributed by atoms with Gasteiger partial charge in [0.25, 0.3) is 5.56 Å². The minimum absolute atomic E-state index is 0.239. The van der Waals surface area contributed by atoms with Crippen molar-refractivity contribution in [2.24, 2.45) is 5.10 Å². The smallest absolute Gasteiger partial charge is 0.346 e. The van der Waals surface area contributed by atoms with Crippen LogP contribution < -0.4 is 15.0 Å². The van der Waals surface area contributed by atoms with E-state index in [1.807, 2.05) is 25.1 Å². The van der Waals surface area contributed by atoms with Crippen molar-refractivity contribution in [3.05, 3.63) is 74.8 Å². The van der Waals surface area contributed by atoms with Gasteiger partial charge in [0.2, 0.25) is 0 Å². The summed E-state index contributed by atoms with van der Waals surface area (Å²) in [5.41, 5.74) is 1.86. The molecular formula is C28H32BrN3O5. The second-order valence-electron chi connectivity index (χ2n) is 8.37. The summed E-state index contributed by atoms with van der Waals surface area (Å²) in [5, 5.41) is 5.03. The average molecular weight is 570 g/mol. The summed E-state index contributed by atoms with van der Waals surface area (Å²) in [6.45, 7) is 9.79. The van der Waals surface area contributed by atoms with Gasteiger partial charge in [0.15, 0.2) is 17.6 Å². The fourth-order valence-corrected chi connectivity index (χ4v) is 4.15. The van der Waals surface area contributed by atoms with Crippen LogP contribution in [0.15, 0.2) is 57.4 Å². The van der Waals surface area contributed by atoms with Gasteiger partial charge in [-0.3, -0.25) is 4.79 Å². The zero-order chi connectivity index (χ0) is 26.9. The minimum atomic E-state index is -0.824. The van der Waals surface area contributed by atoms with Crippen LogP contribution in [0, 0.1) is 0 Å². The number of unbranched alkanes of at least 4 members (excludes halogenated alkanes) is 1. The van der Waals surface area contributed by atoms with Gasteiger partial charge >= 0.3 is 5.97 Å². The SMILES string of the molecule is C=CCc1cc(C=Nn2c(CCCC)nc3ccc(Br)cc3c2=O)cc(OCC)c1O[C@H](C)C(=O)OC. The van der Waals surface area contributed by atoms with Crippen molar-refractivity contribution in [2.75, 3.05) is 13.7 Å². The molecule has 8 nitrogen and oxygen atoms in total. The van der Waals surface area contributed by atoms with Gasteiger partial charge in [-0.1, -0.05) is 35.4 Å². The summed E-state index contributed by atoms with van der Waals surface area (Å²) >= 11 is 3.43. The van der Waals surface area contributed by atoms with Crippen LogP contribution in [-0.4, -0.2) is 41.7 Å². The third kappa shape index (κ3) is 6.85. The molecule has 0 unspecified atom stereocenters. The van der Waals surface area contributed by atoms with E-state index in [0.717, 1.165) is 22.9 Å². The largest absolute Gasteiger partial charge is 0.490 e. The lowest BCUT2D eigenvalue weighted by Gasteiger charge is -2.19. The first-order chi connectivity index (χ1) is 17.8. The van der Waals surface area contributed by atoms with Crippen LogP contribution in [0.3, 0.4) is 0 Å². The number of aryl methyl sites for hydroxylation is 1. The van der Waals surface area contributed by atoms with E-state index in [9.17, 15) is 9.59 Å². The fourth-order valence-electron chi connectivity index (χ4n) is 3.79. The number of hydrogen-bond acceptors (Lipinski definition) is 7. The number of methoxy groups -OCH3 is 1. The van der Waals surface area contributed by atoms with Gasteiger partial charge in [0, 0.05) is 16.5 Å². The van der Waals surface area contributed by atoms with Crippen molar-refractivity contribution >= 4 is 39.0 Å². The lowest BCUT2D eigenvalue weighted by atomic mass is 10.1. The lowest BCUT2D eigenvalue weighted by Crippen LogP contribution is -2.25. The molecule has 1 heterocycles. The van der Waals surface area contributed by atoms with Crippen LogP contribution in [0.2, 0.25) is 0 Å². The zero-order valence-corrected chi connectivity index (χ0v) is 23.2. The van der Waals surface area contributed by atoms with Crippen LogP contribution >= 0.6 is 15.9 Å². The Morgan fingerprint density at radius 2 is 2.05 bits per heavy atom. The second kappa shape index (κ2) is 13.2. The minimum Gasteiger partial charge on any atom is -0.490 e. The number of fused-ring (bicyclic) bond motifs is 1. The molecule has 0 spiro atoms. The van der Waals surface area contributed by atoms with E-state index in [-0.39, 0.29) is 5.56 Å². The third-order valence-corrected chi connectivity index (χ3v) is 6.09. The first-order valence-corrected chi connectivity index (χ1v) is 13.0. The number of hydrogen-bond donors (Lipinski definition) is 0. The Balaban J connectivity index is 2.11. The molecule has 3 aromatic rings. The molecule has 0 aliphatic rings. The van der Waals surface area contributed by atoms with Gasteiger partial charge in [-0.15, -0.1) is 6.58 Å². The molecule has 0 aliphatic carbocycles. The third-order valence-electron chi connectivity index (χ3n) is 5.60. The number of halogens is 1. The quantitative estimate of drug-likeness (QED) is 0.163. The summed E-state index contributed by atoms with van der Waals surface area (Å²) in [5.74, 6) is 1.00. The zero-order valence-electron chi connectivity index (χ0n) is 21.6. The predicted octanol–water partition coefficient (Wildman–Crippen LogP) is 5.45. The molecule has 196 valence electrons. The number of carbonyl (C=O) groups is 1. The Morgan fingerprint density at radius 1 is 1.27 bits per heavy atom. The Bertz CT molecular complexity index is 1370. The molecule has 0 radical (unpaired) electrons. The van der Waals surface area contributed by atoms with Crippen molar-refractivity contribution in [1.29, 1.82) is 0 Å². The van der Waals surface area contributed by atoms with Gasteiger partial charge in [0.1, 0.15) is 5.82 Å². The molecule has 0 saturated carbocycles. The van der Waals surface area contributed by atoms with Crippen LogP contribution in [-0.2, 0) is 22.4 Å². The van der Waals surface area contributed by atoms with E-state index < -0.39 is 12.1 Å². The fraction of sp³-hybridized carbons (Fsp3) is 0.357. The first kappa shape index (κ1) is 28.1. The van der Waals surface area contributed by atoms with Crippen molar-refractivity contribution in [2.45, 2.75) is 52.6 Å². The Kier molecular flexibility index (Phi) is 10.0. The standard InChI is InChI=1S/C28H32BrN3O5/c1-6-9-11-25-31-23-13-12-21(29)16-22(23)27(33)32(25)30-17-19-14-20(10-7-2)26(24(15-19)36-8-3)37-18(4)28(34)35-5/h7,12-18H,2,6,8-11H2,1,3-5H3/t18-/m1/s1. The predicted molar refractivity (Wildman–Crippen MR) is 149 cm³/mol. The highest BCUT2D eigenvalue weighted by Crippen LogP contribution is 2.34. The molecule has 9 heteroatoms. The van der Waals surface area contributed by atoms with Crippen molar-refractivity contribution in [3.63, 3.8) is 0 Å². The molecule has 3 rings (SSSR count). The summed E-state index contributed by atoms with van der Waals surface area (Å²) in [4.78, 5) is 30.1. The normalized spacial score (nSPS) is 12.0. The van der Waals surface area contributed by atoms with E-state index in [1.54, 1.807) is 31.3 Å². The number of carbonyl (C=O) groups excluding carboxylic acids is 1. The van der Waals surface area contributed by atoms with Crippen molar-refractivity contribution in [3.8, 4) is 11.5 Å². The monoisotopic (exact) mass is 569 g/mol. The molecule has 1 atom stereocenters. The van der Waals surface area contributed by atoms with Crippen LogP contribution in [0.5, 0.6) is 11.5 Å². The number of benzene rings is 2. The van der Waals surface area contributed by atoms with E-state index >= 15 is 0 Å².